The molecule has 0 aliphatic heterocycles. The first-order valence-corrected chi connectivity index (χ1v) is 6.37. The molecule has 0 aromatic carbocycles. The van der Waals surface area contributed by atoms with Crippen molar-refractivity contribution in [1.82, 2.24) is 9.78 Å². The van der Waals surface area contributed by atoms with Gasteiger partial charge >= 0.3 is 0 Å². The largest absolute Gasteiger partial charge is 0.330 e. The van der Waals surface area contributed by atoms with Crippen molar-refractivity contribution in [2.24, 2.45) is 11.7 Å². The minimum absolute atomic E-state index is 0.533. The van der Waals surface area contributed by atoms with Gasteiger partial charge in [-0.25, -0.2) is 0 Å². The lowest BCUT2D eigenvalue weighted by Gasteiger charge is -2.31. The highest BCUT2D eigenvalue weighted by atomic mass is 15.3. The number of rotatable bonds is 2. The van der Waals surface area contributed by atoms with Crippen molar-refractivity contribution in [3.63, 3.8) is 0 Å². The summed E-state index contributed by atoms with van der Waals surface area (Å²) in [6, 6.07) is 0.533. The molecule has 1 aliphatic carbocycles. The zero-order chi connectivity index (χ0) is 11.7. The highest BCUT2D eigenvalue weighted by molar-refractivity contribution is 5.22. The van der Waals surface area contributed by atoms with Crippen LogP contribution in [0, 0.1) is 26.7 Å². The first kappa shape index (κ1) is 11.6. The third-order valence-corrected chi connectivity index (χ3v) is 4.17. The van der Waals surface area contributed by atoms with Gasteiger partial charge in [0.15, 0.2) is 0 Å². The Balaban J connectivity index is 2.30. The van der Waals surface area contributed by atoms with E-state index in [-0.39, 0.29) is 0 Å². The minimum atomic E-state index is 0.533. The van der Waals surface area contributed by atoms with Gasteiger partial charge in [-0.15, -0.1) is 0 Å². The fourth-order valence-electron chi connectivity index (χ4n) is 2.85. The Morgan fingerprint density at radius 2 is 1.94 bits per heavy atom. The molecule has 2 rings (SSSR count). The minimum Gasteiger partial charge on any atom is -0.330 e. The second kappa shape index (κ2) is 4.58. The molecule has 3 heteroatoms. The molecular formula is C13H23N3. The molecule has 0 spiro atoms. The predicted molar refractivity (Wildman–Crippen MR) is 66.5 cm³/mol. The molecule has 16 heavy (non-hydrogen) atoms. The van der Waals surface area contributed by atoms with Gasteiger partial charge in [0.05, 0.1) is 11.7 Å². The maximum atomic E-state index is 5.88. The molecule has 90 valence electrons. The highest BCUT2D eigenvalue weighted by Crippen LogP contribution is 2.34. The lowest BCUT2D eigenvalue weighted by atomic mass is 9.84. The summed E-state index contributed by atoms with van der Waals surface area (Å²) >= 11 is 0. The standard InChI is InChI=1S/C13H23N3/c1-9-10(2)15-16(11(9)3)13-7-5-4-6-12(13)8-14/h12-13H,4-8,14H2,1-3H3. The molecule has 3 nitrogen and oxygen atoms in total. The number of nitrogens with zero attached hydrogens (tertiary/aromatic N) is 2. The molecule has 1 aliphatic rings. The average Bonchev–Trinajstić information content (AvgIpc) is 2.57. The first-order valence-electron chi connectivity index (χ1n) is 6.37. The second-order valence-corrected chi connectivity index (χ2v) is 5.09. The van der Waals surface area contributed by atoms with Gasteiger partial charge in [0.25, 0.3) is 0 Å². The summed E-state index contributed by atoms with van der Waals surface area (Å²) in [6.45, 7) is 7.23. The Morgan fingerprint density at radius 1 is 1.25 bits per heavy atom. The van der Waals surface area contributed by atoms with Crippen LogP contribution in [0.1, 0.15) is 48.7 Å². The molecule has 1 aromatic heterocycles. The van der Waals surface area contributed by atoms with E-state index in [1.54, 1.807) is 0 Å². The molecule has 1 saturated carbocycles. The van der Waals surface area contributed by atoms with E-state index in [9.17, 15) is 0 Å². The number of nitrogens with two attached hydrogens (primary N) is 1. The van der Waals surface area contributed by atoms with Crippen LogP contribution in [0.25, 0.3) is 0 Å². The summed E-state index contributed by atoms with van der Waals surface area (Å²) in [4.78, 5) is 0. The molecule has 2 unspecified atom stereocenters. The van der Waals surface area contributed by atoms with Crippen LogP contribution < -0.4 is 5.73 Å². The number of aryl methyl sites for hydroxylation is 1. The second-order valence-electron chi connectivity index (χ2n) is 5.09. The van der Waals surface area contributed by atoms with E-state index in [1.807, 2.05) is 0 Å². The van der Waals surface area contributed by atoms with Gasteiger partial charge in [-0.2, -0.15) is 5.10 Å². The third kappa shape index (κ3) is 1.88. The molecule has 2 N–H and O–H groups in total. The van der Waals surface area contributed by atoms with E-state index in [0.29, 0.717) is 12.0 Å². The average molecular weight is 221 g/mol. The van der Waals surface area contributed by atoms with Crippen molar-refractivity contribution in [2.75, 3.05) is 6.54 Å². The van der Waals surface area contributed by atoms with Gasteiger partial charge in [0.2, 0.25) is 0 Å². The Hall–Kier alpha value is -0.830. The van der Waals surface area contributed by atoms with Crippen molar-refractivity contribution >= 4 is 0 Å². The topological polar surface area (TPSA) is 43.8 Å². The monoisotopic (exact) mass is 221 g/mol. The summed E-state index contributed by atoms with van der Waals surface area (Å²) in [5, 5.41) is 4.69. The van der Waals surface area contributed by atoms with Crippen LogP contribution in [0.2, 0.25) is 0 Å². The van der Waals surface area contributed by atoms with Crippen LogP contribution in [0.4, 0.5) is 0 Å². The van der Waals surface area contributed by atoms with Crippen molar-refractivity contribution in [1.29, 1.82) is 0 Å². The fraction of sp³-hybridized carbons (Fsp3) is 0.769. The van der Waals surface area contributed by atoms with Crippen LogP contribution in [0.15, 0.2) is 0 Å². The Bertz CT molecular complexity index is 367. The smallest absolute Gasteiger partial charge is 0.0625 e. The fourth-order valence-corrected chi connectivity index (χ4v) is 2.85. The van der Waals surface area contributed by atoms with Gasteiger partial charge in [-0.3, -0.25) is 4.68 Å². The van der Waals surface area contributed by atoms with Crippen LogP contribution in [0.5, 0.6) is 0 Å². The quantitative estimate of drug-likeness (QED) is 0.834. The van der Waals surface area contributed by atoms with Gasteiger partial charge < -0.3 is 5.73 Å². The molecule has 1 aromatic rings. The van der Waals surface area contributed by atoms with Crippen molar-refractivity contribution in [3.8, 4) is 0 Å². The van der Waals surface area contributed by atoms with Crippen LogP contribution in [0.3, 0.4) is 0 Å². The van der Waals surface area contributed by atoms with Crippen LogP contribution in [-0.4, -0.2) is 16.3 Å². The highest BCUT2D eigenvalue weighted by Gasteiger charge is 2.27. The van der Waals surface area contributed by atoms with Gasteiger partial charge in [0, 0.05) is 5.69 Å². The summed E-state index contributed by atoms with van der Waals surface area (Å²) < 4.78 is 2.24. The summed E-state index contributed by atoms with van der Waals surface area (Å²) in [5.74, 6) is 0.617. The van der Waals surface area contributed by atoms with Gasteiger partial charge in [-0.05, 0) is 51.6 Å². The Labute approximate surface area is 98.0 Å². The van der Waals surface area contributed by atoms with E-state index in [1.165, 1.54) is 42.6 Å². The normalized spacial score (nSPS) is 26.0. The first-order chi connectivity index (χ1) is 7.65. The zero-order valence-electron chi connectivity index (χ0n) is 10.7. The lowest BCUT2D eigenvalue weighted by molar-refractivity contribution is 0.225. The summed E-state index contributed by atoms with van der Waals surface area (Å²) in [6.07, 6.45) is 5.15. The zero-order valence-corrected chi connectivity index (χ0v) is 10.7. The van der Waals surface area contributed by atoms with Crippen molar-refractivity contribution in [2.45, 2.75) is 52.5 Å². The van der Waals surface area contributed by atoms with E-state index >= 15 is 0 Å². The maximum Gasteiger partial charge on any atom is 0.0625 e. The van der Waals surface area contributed by atoms with Crippen molar-refractivity contribution < 1.29 is 0 Å². The van der Waals surface area contributed by atoms with E-state index in [0.717, 1.165) is 6.54 Å². The number of hydrogen-bond acceptors (Lipinski definition) is 2. The van der Waals surface area contributed by atoms with Gasteiger partial charge in [0.1, 0.15) is 0 Å². The Kier molecular flexibility index (Phi) is 3.33. The summed E-state index contributed by atoms with van der Waals surface area (Å²) in [7, 11) is 0. The number of aromatic nitrogens is 2. The van der Waals surface area contributed by atoms with Gasteiger partial charge in [-0.1, -0.05) is 12.8 Å². The SMILES string of the molecule is Cc1nn(C2CCCCC2CN)c(C)c1C. The molecular weight excluding hydrogens is 198 g/mol. The Morgan fingerprint density at radius 3 is 2.50 bits per heavy atom. The molecule has 0 amide bonds. The van der Waals surface area contributed by atoms with E-state index in [2.05, 4.69) is 25.5 Å². The predicted octanol–water partition coefficient (Wildman–Crippen LogP) is 2.50. The van der Waals surface area contributed by atoms with Crippen molar-refractivity contribution in [3.05, 3.63) is 17.0 Å². The summed E-state index contributed by atoms with van der Waals surface area (Å²) in [5.41, 5.74) is 9.71. The van der Waals surface area contributed by atoms with E-state index < -0.39 is 0 Å². The lowest BCUT2D eigenvalue weighted by Crippen LogP contribution is -2.30. The molecule has 0 saturated heterocycles. The molecule has 0 bridgehead atoms. The molecule has 0 radical (unpaired) electrons. The van der Waals surface area contributed by atoms with E-state index in [4.69, 9.17) is 10.8 Å². The molecule has 2 atom stereocenters. The third-order valence-electron chi connectivity index (χ3n) is 4.17. The van der Waals surface area contributed by atoms with Crippen LogP contribution >= 0.6 is 0 Å². The number of hydrogen-bond donors (Lipinski definition) is 1. The molecule has 1 fully saturated rings. The van der Waals surface area contributed by atoms with Crippen LogP contribution in [-0.2, 0) is 0 Å². The molecule has 1 heterocycles. The maximum absolute atomic E-state index is 5.88.